The van der Waals surface area contributed by atoms with E-state index in [2.05, 4.69) is 13.8 Å². The van der Waals surface area contributed by atoms with Gasteiger partial charge in [-0.2, -0.15) is 0 Å². The molecule has 0 bridgehead atoms. The first-order chi connectivity index (χ1) is 12.0. The predicted octanol–water partition coefficient (Wildman–Crippen LogP) is 3.12. The quantitative estimate of drug-likeness (QED) is 0.434. The average Bonchev–Trinajstić information content (AvgIpc) is 2.65. The number of hydrogen-bond acceptors (Lipinski definition) is 3. The summed E-state index contributed by atoms with van der Waals surface area (Å²) >= 11 is 0. The lowest BCUT2D eigenvalue weighted by Crippen LogP contribution is -2.51. The van der Waals surface area contributed by atoms with Crippen molar-refractivity contribution in [3.8, 4) is 0 Å². The highest BCUT2D eigenvalue weighted by Gasteiger charge is 2.34. The van der Waals surface area contributed by atoms with Gasteiger partial charge in [-0.15, -0.1) is 0 Å². The number of amides is 3. The fraction of sp³-hybridized carbons (Fsp3) is 0.842. The zero-order valence-corrected chi connectivity index (χ0v) is 16.2. The van der Waals surface area contributed by atoms with E-state index in [4.69, 9.17) is 4.99 Å². The van der Waals surface area contributed by atoms with Crippen LogP contribution in [0, 0.1) is 0 Å². The molecule has 2 aliphatic heterocycles. The van der Waals surface area contributed by atoms with Gasteiger partial charge < -0.3 is 14.7 Å². The molecule has 0 aromatic carbocycles. The Bertz CT molecular complexity index is 478. The van der Waals surface area contributed by atoms with E-state index in [9.17, 15) is 9.59 Å². The van der Waals surface area contributed by atoms with Crippen molar-refractivity contribution >= 4 is 18.3 Å². The summed E-state index contributed by atoms with van der Waals surface area (Å²) in [5.41, 5.74) is -0.182. The lowest BCUT2D eigenvalue weighted by atomic mass is 9.90. The first-order valence-electron chi connectivity index (χ1n) is 9.80. The molecule has 25 heavy (non-hydrogen) atoms. The molecule has 0 aromatic heterocycles. The van der Waals surface area contributed by atoms with Crippen LogP contribution in [0.15, 0.2) is 4.99 Å². The third-order valence-corrected chi connectivity index (χ3v) is 5.46. The summed E-state index contributed by atoms with van der Waals surface area (Å²) in [5, 5.41) is 0. The molecule has 2 fully saturated rings. The topological polar surface area (TPSA) is 56.2 Å². The van der Waals surface area contributed by atoms with Crippen LogP contribution in [0.1, 0.15) is 65.2 Å². The van der Waals surface area contributed by atoms with Gasteiger partial charge in [-0.25, -0.2) is 4.79 Å². The zero-order chi connectivity index (χ0) is 18.3. The second-order valence-electron chi connectivity index (χ2n) is 7.66. The Morgan fingerprint density at radius 2 is 1.72 bits per heavy atom. The number of nitrogens with zero attached hydrogens (tertiary/aromatic N) is 4. The minimum absolute atomic E-state index is 0.182. The van der Waals surface area contributed by atoms with Gasteiger partial charge in [0, 0.05) is 39.6 Å². The highest BCUT2D eigenvalue weighted by molar-refractivity contribution is 5.90. The molecule has 0 saturated carbocycles. The van der Waals surface area contributed by atoms with E-state index in [-0.39, 0.29) is 11.6 Å². The summed E-state index contributed by atoms with van der Waals surface area (Å²) in [6.07, 6.45) is 8.99. The highest BCUT2D eigenvalue weighted by Crippen LogP contribution is 2.28. The largest absolute Gasteiger partial charge is 0.325 e. The van der Waals surface area contributed by atoms with Crippen molar-refractivity contribution < 1.29 is 9.59 Å². The number of carbonyl (C=O) groups excluding carboxylic acids is 2. The average molecular weight is 351 g/mol. The number of hydrogen-bond donors (Lipinski definition) is 0. The molecule has 2 heterocycles. The normalized spacial score (nSPS) is 21.2. The van der Waals surface area contributed by atoms with Gasteiger partial charge in [-0.3, -0.25) is 9.79 Å². The van der Waals surface area contributed by atoms with Gasteiger partial charge in [0.25, 0.3) is 0 Å². The summed E-state index contributed by atoms with van der Waals surface area (Å²) in [6.45, 7) is 7.60. The minimum Gasteiger partial charge on any atom is -0.325 e. The first kappa shape index (κ1) is 19.7. The lowest BCUT2D eigenvalue weighted by molar-refractivity contribution is -0.114. The Balaban J connectivity index is 1.96. The number of aliphatic imine (C=N–C) groups is 1. The second-order valence-corrected chi connectivity index (χ2v) is 7.66. The number of urea groups is 1. The lowest BCUT2D eigenvalue weighted by Gasteiger charge is -2.40. The summed E-state index contributed by atoms with van der Waals surface area (Å²) in [5.74, 6) is 0.871. The number of amidine groups is 1. The van der Waals surface area contributed by atoms with Gasteiger partial charge in [0.2, 0.25) is 6.41 Å². The monoisotopic (exact) mass is 350 g/mol. The van der Waals surface area contributed by atoms with Gasteiger partial charge in [-0.1, -0.05) is 13.3 Å². The SMILES string of the molecule is CCCCC(=NC1(C)CCN(C(=O)N2CCCCC2)CC1)N(C)C=O. The van der Waals surface area contributed by atoms with Crippen LogP contribution in [0.3, 0.4) is 0 Å². The molecule has 142 valence electrons. The van der Waals surface area contributed by atoms with Gasteiger partial charge in [0.05, 0.1) is 5.54 Å². The molecule has 2 aliphatic rings. The molecule has 3 amide bonds. The van der Waals surface area contributed by atoms with Crippen LogP contribution in [0.25, 0.3) is 0 Å². The summed E-state index contributed by atoms with van der Waals surface area (Å²) in [6, 6.07) is 0.196. The number of likely N-dealkylation sites (tertiary alicyclic amines) is 2. The van der Waals surface area contributed by atoms with Crippen molar-refractivity contribution in [2.45, 2.75) is 70.8 Å². The van der Waals surface area contributed by atoms with E-state index >= 15 is 0 Å². The molecule has 0 atom stereocenters. The van der Waals surface area contributed by atoms with E-state index < -0.39 is 0 Å². The number of carbonyl (C=O) groups is 2. The van der Waals surface area contributed by atoms with Gasteiger partial charge in [-0.05, 0) is 45.4 Å². The Morgan fingerprint density at radius 3 is 2.28 bits per heavy atom. The molecular formula is C19H34N4O2. The molecule has 0 aliphatic carbocycles. The maximum Gasteiger partial charge on any atom is 0.320 e. The fourth-order valence-corrected chi connectivity index (χ4v) is 3.60. The van der Waals surface area contributed by atoms with Crippen molar-refractivity contribution in [1.29, 1.82) is 0 Å². The molecular weight excluding hydrogens is 316 g/mol. The molecule has 0 unspecified atom stereocenters. The third kappa shape index (κ3) is 5.44. The molecule has 6 heteroatoms. The highest BCUT2D eigenvalue weighted by atomic mass is 16.2. The van der Waals surface area contributed by atoms with Crippen LogP contribution in [0.2, 0.25) is 0 Å². The smallest absolute Gasteiger partial charge is 0.320 e. The van der Waals surface area contributed by atoms with E-state index in [1.165, 1.54) is 6.42 Å². The van der Waals surface area contributed by atoms with Crippen LogP contribution in [-0.4, -0.2) is 71.7 Å². The van der Waals surface area contributed by atoms with Crippen LogP contribution in [-0.2, 0) is 4.79 Å². The molecule has 6 nitrogen and oxygen atoms in total. The van der Waals surface area contributed by atoms with Crippen LogP contribution >= 0.6 is 0 Å². The predicted molar refractivity (Wildman–Crippen MR) is 101 cm³/mol. The maximum atomic E-state index is 12.6. The van der Waals surface area contributed by atoms with E-state index in [0.29, 0.717) is 0 Å². The summed E-state index contributed by atoms with van der Waals surface area (Å²) in [4.78, 5) is 34.3. The van der Waals surface area contributed by atoms with Crippen molar-refractivity contribution in [2.24, 2.45) is 4.99 Å². The van der Waals surface area contributed by atoms with Crippen molar-refractivity contribution in [1.82, 2.24) is 14.7 Å². The van der Waals surface area contributed by atoms with Gasteiger partial charge >= 0.3 is 6.03 Å². The Morgan fingerprint density at radius 1 is 1.12 bits per heavy atom. The van der Waals surface area contributed by atoms with Crippen LogP contribution < -0.4 is 0 Å². The molecule has 0 aromatic rings. The van der Waals surface area contributed by atoms with Crippen molar-refractivity contribution in [3.63, 3.8) is 0 Å². The van der Waals surface area contributed by atoms with Crippen molar-refractivity contribution in [3.05, 3.63) is 0 Å². The Hall–Kier alpha value is -1.59. The van der Waals surface area contributed by atoms with Crippen LogP contribution in [0.5, 0.6) is 0 Å². The Kier molecular flexibility index (Phi) is 7.26. The molecule has 0 radical (unpaired) electrons. The number of piperidine rings is 2. The van der Waals surface area contributed by atoms with Crippen LogP contribution in [0.4, 0.5) is 4.79 Å². The summed E-state index contributed by atoms with van der Waals surface area (Å²) < 4.78 is 0. The van der Waals surface area contributed by atoms with Crippen molar-refractivity contribution in [2.75, 3.05) is 33.2 Å². The minimum atomic E-state index is -0.182. The fourth-order valence-electron chi connectivity index (χ4n) is 3.60. The molecule has 0 N–H and O–H groups in total. The van der Waals surface area contributed by atoms with E-state index in [1.807, 2.05) is 9.80 Å². The van der Waals surface area contributed by atoms with Gasteiger partial charge in [0.1, 0.15) is 5.84 Å². The molecule has 2 rings (SSSR count). The first-order valence-corrected chi connectivity index (χ1v) is 9.80. The standard InChI is InChI=1S/C19H34N4O2/c1-4-5-9-17(21(3)16-24)20-19(2)10-14-23(15-11-19)18(25)22-12-7-6-8-13-22/h16H,4-15H2,1-3H3. The van der Waals surface area contributed by atoms with E-state index in [1.54, 1.807) is 11.9 Å². The van der Waals surface area contributed by atoms with Gasteiger partial charge in [0.15, 0.2) is 0 Å². The third-order valence-electron chi connectivity index (χ3n) is 5.46. The van der Waals surface area contributed by atoms with E-state index in [0.717, 1.165) is 83.4 Å². The second kappa shape index (κ2) is 9.20. The summed E-state index contributed by atoms with van der Waals surface area (Å²) in [7, 11) is 1.78. The molecule has 0 spiro atoms. The number of rotatable bonds is 5. The number of unbranched alkanes of at least 4 members (excludes halogenated alkanes) is 1. The zero-order valence-electron chi connectivity index (χ0n) is 16.2. The molecule has 2 saturated heterocycles. The maximum absolute atomic E-state index is 12.6. The Labute approximate surface area is 152 Å².